The van der Waals surface area contributed by atoms with Crippen LogP contribution in [0.4, 0.5) is 0 Å². The van der Waals surface area contributed by atoms with Crippen LogP contribution in [0.1, 0.15) is 26.7 Å². The topological polar surface area (TPSA) is 12.5 Å². The Morgan fingerprint density at radius 2 is 2.30 bits per heavy atom. The molecule has 2 heteroatoms. The first-order chi connectivity index (χ1) is 4.70. The van der Waals surface area contributed by atoms with E-state index in [0.29, 0.717) is 0 Å². The first-order valence-electron chi connectivity index (χ1n) is 4.11. The Balaban J connectivity index is 2.16. The number of hydrogen-bond donors (Lipinski definition) is 0. The second-order valence-corrected chi connectivity index (χ2v) is 3.75. The summed E-state index contributed by atoms with van der Waals surface area (Å²) < 4.78 is 5.63. The molecule has 0 aromatic heterocycles. The summed E-state index contributed by atoms with van der Waals surface area (Å²) in [4.78, 5) is 2.48. The highest BCUT2D eigenvalue weighted by atomic mass is 16.5. The van der Waals surface area contributed by atoms with Crippen LogP contribution < -0.4 is 0 Å². The third-order valence-electron chi connectivity index (χ3n) is 2.70. The maximum absolute atomic E-state index is 5.63. The minimum Gasteiger partial charge on any atom is -0.359 e. The molecule has 0 N–H and O–H groups in total. The maximum atomic E-state index is 5.63. The number of nitrogens with zero attached hydrogens (tertiary/aromatic N) is 1. The second kappa shape index (κ2) is 1.95. The first-order valence-corrected chi connectivity index (χ1v) is 4.11. The van der Waals surface area contributed by atoms with E-state index in [-0.39, 0.29) is 5.72 Å². The van der Waals surface area contributed by atoms with Crippen molar-refractivity contribution in [3.63, 3.8) is 0 Å². The van der Waals surface area contributed by atoms with Crippen molar-refractivity contribution in [3.8, 4) is 0 Å². The molecule has 0 aromatic carbocycles. The Labute approximate surface area is 62.2 Å². The number of rotatable bonds is 0. The Kier molecular flexibility index (Phi) is 1.29. The summed E-state index contributed by atoms with van der Waals surface area (Å²) in [5.74, 6) is 0. The lowest BCUT2D eigenvalue weighted by Crippen LogP contribution is -2.40. The number of fused-ring (bicyclic) bond motifs is 1. The lowest BCUT2D eigenvalue weighted by atomic mass is 10.2. The summed E-state index contributed by atoms with van der Waals surface area (Å²) >= 11 is 0. The highest BCUT2D eigenvalue weighted by molar-refractivity contribution is 4.90. The summed E-state index contributed by atoms with van der Waals surface area (Å²) in [5, 5.41) is 0. The van der Waals surface area contributed by atoms with Gasteiger partial charge in [0.15, 0.2) is 0 Å². The third kappa shape index (κ3) is 0.789. The van der Waals surface area contributed by atoms with Gasteiger partial charge in [0.05, 0.1) is 6.61 Å². The predicted molar refractivity (Wildman–Crippen MR) is 39.8 cm³/mol. The molecule has 0 radical (unpaired) electrons. The molecule has 58 valence electrons. The largest absolute Gasteiger partial charge is 0.359 e. The molecule has 0 bridgehead atoms. The van der Waals surface area contributed by atoms with E-state index < -0.39 is 0 Å². The molecule has 0 spiro atoms. The summed E-state index contributed by atoms with van der Waals surface area (Å²) in [7, 11) is 0. The number of ether oxygens (including phenoxy) is 1. The zero-order chi connectivity index (χ0) is 7.19. The smallest absolute Gasteiger partial charge is 0.116 e. The molecule has 0 saturated carbocycles. The molecule has 2 nitrogen and oxygen atoms in total. The van der Waals surface area contributed by atoms with Gasteiger partial charge in [-0.15, -0.1) is 0 Å². The van der Waals surface area contributed by atoms with Crippen molar-refractivity contribution in [2.45, 2.75) is 38.5 Å². The van der Waals surface area contributed by atoms with Gasteiger partial charge in [-0.25, -0.2) is 0 Å². The van der Waals surface area contributed by atoms with E-state index in [1.54, 1.807) is 0 Å². The molecule has 2 saturated heterocycles. The lowest BCUT2D eigenvalue weighted by molar-refractivity contribution is -0.0477. The molecule has 2 aliphatic rings. The van der Waals surface area contributed by atoms with E-state index in [1.165, 1.54) is 19.4 Å². The molecule has 2 aliphatic heterocycles. The van der Waals surface area contributed by atoms with Crippen LogP contribution in [0.2, 0.25) is 0 Å². The standard InChI is InChI=1S/C8H15NO/c1-8(2)9-5-3-4-7(9)6-10-8/h7H,3-6H2,1-2H3/t7-/m1/s1. The molecule has 1 atom stereocenters. The third-order valence-corrected chi connectivity index (χ3v) is 2.70. The van der Waals surface area contributed by atoms with Crippen molar-refractivity contribution in [1.29, 1.82) is 0 Å². The average molecular weight is 141 g/mol. The van der Waals surface area contributed by atoms with Crippen molar-refractivity contribution in [2.24, 2.45) is 0 Å². The molecule has 2 rings (SSSR count). The van der Waals surface area contributed by atoms with Crippen LogP contribution in [-0.4, -0.2) is 29.8 Å². The van der Waals surface area contributed by atoms with Crippen LogP contribution >= 0.6 is 0 Å². The monoisotopic (exact) mass is 141 g/mol. The van der Waals surface area contributed by atoms with Gasteiger partial charge in [-0.2, -0.15) is 0 Å². The van der Waals surface area contributed by atoms with Crippen LogP contribution in [0.15, 0.2) is 0 Å². The van der Waals surface area contributed by atoms with Gasteiger partial charge in [-0.05, 0) is 26.7 Å². The van der Waals surface area contributed by atoms with Crippen molar-refractivity contribution in [2.75, 3.05) is 13.2 Å². The summed E-state index contributed by atoms with van der Waals surface area (Å²) in [6.07, 6.45) is 2.70. The van der Waals surface area contributed by atoms with Gasteiger partial charge in [0.25, 0.3) is 0 Å². The van der Waals surface area contributed by atoms with E-state index in [9.17, 15) is 0 Å². The Morgan fingerprint density at radius 3 is 3.00 bits per heavy atom. The Bertz CT molecular complexity index is 144. The van der Waals surface area contributed by atoms with E-state index in [4.69, 9.17) is 4.74 Å². The van der Waals surface area contributed by atoms with Crippen molar-refractivity contribution in [1.82, 2.24) is 4.90 Å². The van der Waals surface area contributed by atoms with Gasteiger partial charge >= 0.3 is 0 Å². The predicted octanol–water partition coefficient (Wildman–Crippen LogP) is 1.22. The zero-order valence-corrected chi connectivity index (χ0v) is 6.76. The van der Waals surface area contributed by atoms with Crippen molar-refractivity contribution in [3.05, 3.63) is 0 Å². The molecule has 2 heterocycles. The minimum atomic E-state index is 0.0289. The van der Waals surface area contributed by atoms with E-state index in [2.05, 4.69) is 18.7 Å². The summed E-state index contributed by atoms with van der Waals surface area (Å²) in [6.45, 7) is 6.52. The van der Waals surface area contributed by atoms with Gasteiger partial charge in [0, 0.05) is 12.6 Å². The fraction of sp³-hybridized carbons (Fsp3) is 1.00. The van der Waals surface area contributed by atoms with Gasteiger partial charge in [0.1, 0.15) is 5.72 Å². The molecular weight excluding hydrogens is 126 g/mol. The lowest BCUT2D eigenvalue weighted by Gasteiger charge is -2.28. The SMILES string of the molecule is CC1(C)OC[C@H]2CCCN21. The minimum absolute atomic E-state index is 0.0289. The van der Waals surface area contributed by atoms with E-state index >= 15 is 0 Å². The average Bonchev–Trinajstić information content (AvgIpc) is 2.36. The first kappa shape index (κ1) is 6.62. The molecule has 0 amide bonds. The summed E-state index contributed by atoms with van der Waals surface area (Å²) in [6, 6.07) is 0.731. The van der Waals surface area contributed by atoms with E-state index in [1.807, 2.05) is 0 Å². The van der Waals surface area contributed by atoms with Crippen LogP contribution in [0, 0.1) is 0 Å². The van der Waals surface area contributed by atoms with Gasteiger partial charge < -0.3 is 4.74 Å². The fourth-order valence-electron chi connectivity index (χ4n) is 2.10. The highest BCUT2D eigenvalue weighted by Gasteiger charge is 2.42. The highest BCUT2D eigenvalue weighted by Crippen LogP contribution is 2.33. The second-order valence-electron chi connectivity index (χ2n) is 3.75. The molecule has 0 aromatic rings. The van der Waals surface area contributed by atoms with Crippen LogP contribution in [0.25, 0.3) is 0 Å². The number of hydrogen-bond acceptors (Lipinski definition) is 2. The van der Waals surface area contributed by atoms with Crippen LogP contribution in [0.5, 0.6) is 0 Å². The maximum Gasteiger partial charge on any atom is 0.116 e. The van der Waals surface area contributed by atoms with Gasteiger partial charge in [-0.3, -0.25) is 4.90 Å². The fourth-order valence-corrected chi connectivity index (χ4v) is 2.10. The molecule has 2 fully saturated rings. The molecule has 10 heavy (non-hydrogen) atoms. The van der Waals surface area contributed by atoms with Crippen molar-refractivity contribution >= 4 is 0 Å². The van der Waals surface area contributed by atoms with Crippen molar-refractivity contribution < 1.29 is 4.74 Å². The zero-order valence-electron chi connectivity index (χ0n) is 6.76. The normalized spacial score (nSPS) is 38.4. The molecule has 0 aliphatic carbocycles. The van der Waals surface area contributed by atoms with Gasteiger partial charge in [0.2, 0.25) is 0 Å². The summed E-state index contributed by atoms with van der Waals surface area (Å²) in [5.41, 5.74) is 0.0289. The Hall–Kier alpha value is -0.0800. The van der Waals surface area contributed by atoms with E-state index in [0.717, 1.165) is 12.6 Å². The van der Waals surface area contributed by atoms with Gasteiger partial charge in [-0.1, -0.05) is 0 Å². The molecule has 0 unspecified atom stereocenters. The molecular formula is C8H15NO. The van der Waals surface area contributed by atoms with Crippen LogP contribution in [-0.2, 0) is 4.74 Å². The Morgan fingerprint density at radius 1 is 1.50 bits per heavy atom. The van der Waals surface area contributed by atoms with Crippen LogP contribution in [0.3, 0.4) is 0 Å². The quantitative estimate of drug-likeness (QED) is 0.503.